The minimum absolute atomic E-state index is 0.00199. The SMILES string of the molecule is O=C1c2ccccc2OCC2CCC(c3nc(-c4cc(Cl)c[nH]4)no3)CN12. The van der Waals surface area contributed by atoms with E-state index < -0.39 is 0 Å². The fraction of sp³-hybridized carbons (Fsp3) is 0.316. The number of H-pyrrole nitrogens is 1. The largest absolute Gasteiger partial charge is 0.491 e. The second-order valence-electron chi connectivity index (χ2n) is 6.88. The molecule has 1 amide bonds. The summed E-state index contributed by atoms with van der Waals surface area (Å²) >= 11 is 5.94. The van der Waals surface area contributed by atoms with Crippen LogP contribution in [0.3, 0.4) is 0 Å². The molecule has 0 spiro atoms. The average Bonchev–Trinajstić information content (AvgIpc) is 3.32. The molecule has 2 aliphatic rings. The molecule has 5 rings (SSSR count). The van der Waals surface area contributed by atoms with Crippen LogP contribution in [0.4, 0.5) is 0 Å². The Labute approximate surface area is 160 Å². The molecule has 0 saturated carbocycles. The zero-order valence-electron chi connectivity index (χ0n) is 14.4. The van der Waals surface area contributed by atoms with Gasteiger partial charge < -0.3 is 19.1 Å². The molecule has 1 N–H and O–H groups in total. The summed E-state index contributed by atoms with van der Waals surface area (Å²) in [7, 11) is 0. The quantitative estimate of drug-likeness (QED) is 0.731. The third-order valence-electron chi connectivity index (χ3n) is 5.20. The number of ether oxygens (including phenoxy) is 1. The lowest BCUT2D eigenvalue weighted by Crippen LogP contribution is -2.47. The zero-order chi connectivity index (χ0) is 18.4. The number of nitrogens with one attached hydrogen (secondary N) is 1. The second-order valence-corrected chi connectivity index (χ2v) is 7.32. The second kappa shape index (κ2) is 6.42. The Morgan fingerprint density at radius 2 is 2.15 bits per heavy atom. The number of hydrogen-bond acceptors (Lipinski definition) is 5. The molecule has 2 aromatic heterocycles. The number of carbonyl (C=O) groups excluding carboxylic acids is 1. The monoisotopic (exact) mass is 384 g/mol. The predicted octanol–water partition coefficient (Wildman–Crippen LogP) is 3.50. The number of benzene rings is 1. The van der Waals surface area contributed by atoms with E-state index in [1.807, 2.05) is 29.2 Å². The van der Waals surface area contributed by atoms with E-state index in [0.29, 0.717) is 46.9 Å². The van der Waals surface area contributed by atoms with Crippen molar-refractivity contribution in [2.24, 2.45) is 0 Å². The van der Waals surface area contributed by atoms with E-state index in [1.54, 1.807) is 12.3 Å². The van der Waals surface area contributed by atoms with Crippen molar-refractivity contribution in [3.8, 4) is 17.3 Å². The lowest BCUT2D eigenvalue weighted by molar-refractivity contribution is 0.0525. The molecule has 0 aliphatic carbocycles. The van der Waals surface area contributed by atoms with Crippen LogP contribution < -0.4 is 4.74 Å². The molecule has 1 aromatic carbocycles. The molecule has 8 heteroatoms. The maximum Gasteiger partial charge on any atom is 0.258 e. The van der Waals surface area contributed by atoms with Gasteiger partial charge in [-0.15, -0.1) is 0 Å². The highest BCUT2D eigenvalue weighted by Gasteiger charge is 2.38. The van der Waals surface area contributed by atoms with Crippen LogP contribution in [0.25, 0.3) is 11.5 Å². The molecular weight excluding hydrogens is 368 g/mol. The van der Waals surface area contributed by atoms with E-state index in [2.05, 4.69) is 15.1 Å². The Kier molecular flexibility index (Phi) is 3.89. The van der Waals surface area contributed by atoms with Gasteiger partial charge in [-0.2, -0.15) is 4.98 Å². The van der Waals surface area contributed by atoms with Gasteiger partial charge in [0, 0.05) is 12.7 Å². The van der Waals surface area contributed by atoms with Crippen LogP contribution in [0, 0.1) is 0 Å². The molecule has 2 atom stereocenters. The lowest BCUT2D eigenvalue weighted by Gasteiger charge is -2.36. The Morgan fingerprint density at radius 1 is 1.26 bits per heavy atom. The van der Waals surface area contributed by atoms with Crippen molar-refractivity contribution in [1.29, 1.82) is 0 Å². The summed E-state index contributed by atoms with van der Waals surface area (Å²) in [6, 6.07) is 9.20. The van der Waals surface area contributed by atoms with Crippen LogP contribution in [-0.4, -0.2) is 45.1 Å². The number of fused-ring (bicyclic) bond motifs is 2. The number of aromatic amines is 1. The molecular formula is C19H17ClN4O3. The Bertz CT molecular complexity index is 998. The molecule has 0 radical (unpaired) electrons. The van der Waals surface area contributed by atoms with Crippen LogP contribution in [0.5, 0.6) is 5.75 Å². The molecule has 0 bridgehead atoms. The minimum Gasteiger partial charge on any atom is -0.491 e. The summed E-state index contributed by atoms with van der Waals surface area (Å²) in [5.74, 6) is 1.66. The van der Waals surface area contributed by atoms with Crippen molar-refractivity contribution in [3.63, 3.8) is 0 Å². The number of halogens is 1. The van der Waals surface area contributed by atoms with Crippen LogP contribution in [0.2, 0.25) is 5.02 Å². The first-order valence-corrected chi connectivity index (χ1v) is 9.27. The maximum absolute atomic E-state index is 13.0. The standard InChI is InChI=1S/C19H17ClN4O3/c20-12-7-15(21-8-12)17-22-18(27-23-17)11-5-6-13-10-26-16-4-2-1-3-14(16)19(25)24(13)9-11/h1-4,7-8,11,13,21H,5-6,9-10H2. The van der Waals surface area contributed by atoms with Crippen LogP contribution in [0.1, 0.15) is 35.0 Å². The number of para-hydroxylation sites is 1. The molecule has 4 heterocycles. The molecule has 3 aromatic rings. The summed E-state index contributed by atoms with van der Waals surface area (Å²) in [6.07, 6.45) is 3.36. The first-order chi connectivity index (χ1) is 13.2. The van der Waals surface area contributed by atoms with E-state index in [9.17, 15) is 4.79 Å². The number of nitrogens with zero attached hydrogens (tertiary/aromatic N) is 3. The highest BCUT2D eigenvalue weighted by Crippen LogP contribution is 2.34. The number of carbonyl (C=O) groups is 1. The van der Waals surface area contributed by atoms with Crippen molar-refractivity contribution < 1.29 is 14.1 Å². The topological polar surface area (TPSA) is 84.2 Å². The lowest BCUT2D eigenvalue weighted by atomic mass is 9.92. The van der Waals surface area contributed by atoms with Gasteiger partial charge in [0.1, 0.15) is 12.4 Å². The fourth-order valence-electron chi connectivity index (χ4n) is 3.77. The Balaban J connectivity index is 1.40. The van der Waals surface area contributed by atoms with Crippen LogP contribution in [0.15, 0.2) is 41.1 Å². The summed E-state index contributed by atoms with van der Waals surface area (Å²) in [5.41, 5.74) is 1.31. The third kappa shape index (κ3) is 2.88. The molecule has 7 nitrogen and oxygen atoms in total. The molecule has 2 unspecified atom stereocenters. The number of rotatable bonds is 2. The fourth-order valence-corrected chi connectivity index (χ4v) is 3.93. The summed E-state index contributed by atoms with van der Waals surface area (Å²) in [5, 5.41) is 4.64. The van der Waals surface area contributed by atoms with Gasteiger partial charge in [0.15, 0.2) is 0 Å². The van der Waals surface area contributed by atoms with E-state index in [1.165, 1.54) is 0 Å². The predicted molar refractivity (Wildman–Crippen MR) is 97.8 cm³/mol. The highest BCUT2D eigenvalue weighted by molar-refractivity contribution is 6.30. The summed E-state index contributed by atoms with van der Waals surface area (Å²) in [6.45, 7) is 1.04. The molecule has 1 fully saturated rings. The van der Waals surface area contributed by atoms with Gasteiger partial charge in [0.05, 0.1) is 28.2 Å². The van der Waals surface area contributed by atoms with Gasteiger partial charge in [-0.1, -0.05) is 28.9 Å². The van der Waals surface area contributed by atoms with Crippen LogP contribution in [-0.2, 0) is 0 Å². The zero-order valence-corrected chi connectivity index (χ0v) is 15.1. The number of aromatic nitrogens is 3. The third-order valence-corrected chi connectivity index (χ3v) is 5.41. The van der Waals surface area contributed by atoms with Crippen molar-refractivity contribution in [3.05, 3.63) is 53.0 Å². The summed E-state index contributed by atoms with van der Waals surface area (Å²) in [4.78, 5) is 22.4. The van der Waals surface area contributed by atoms with E-state index >= 15 is 0 Å². The van der Waals surface area contributed by atoms with Gasteiger partial charge >= 0.3 is 0 Å². The van der Waals surface area contributed by atoms with Gasteiger partial charge in [-0.3, -0.25) is 4.79 Å². The Hall–Kier alpha value is -2.80. The number of piperidine rings is 1. The van der Waals surface area contributed by atoms with Gasteiger partial charge in [0.2, 0.25) is 11.7 Å². The molecule has 27 heavy (non-hydrogen) atoms. The van der Waals surface area contributed by atoms with Crippen molar-refractivity contribution in [2.45, 2.75) is 24.8 Å². The van der Waals surface area contributed by atoms with Gasteiger partial charge in [-0.05, 0) is 31.0 Å². The molecule has 2 aliphatic heterocycles. The van der Waals surface area contributed by atoms with Crippen molar-refractivity contribution in [2.75, 3.05) is 13.2 Å². The average molecular weight is 385 g/mol. The minimum atomic E-state index is -0.00584. The van der Waals surface area contributed by atoms with Crippen molar-refractivity contribution >= 4 is 17.5 Å². The van der Waals surface area contributed by atoms with Crippen LogP contribution >= 0.6 is 11.6 Å². The number of amides is 1. The van der Waals surface area contributed by atoms with E-state index in [0.717, 1.165) is 12.8 Å². The van der Waals surface area contributed by atoms with Gasteiger partial charge in [-0.25, -0.2) is 0 Å². The first-order valence-electron chi connectivity index (χ1n) is 8.90. The normalized spacial score (nSPS) is 22.0. The number of hydrogen-bond donors (Lipinski definition) is 1. The van der Waals surface area contributed by atoms with E-state index in [4.69, 9.17) is 20.9 Å². The van der Waals surface area contributed by atoms with Gasteiger partial charge in [0.25, 0.3) is 5.91 Å². The maximum atomic E-state index is 13.0. The van der Waals surface area contributed by atoms with E-state index in [-0.39, 0.29) is 17.9 Å². The smallest absolute Gasteiger partial charge is 0.258 e. The first kappa shape index (κ1) is 16.4. The molecule has 138 valence electrons. The van der Waals surface area contributed by atoms with Crippen molar-refractivity contribution in [1.82, 2.24) is 20.0 Å². The summed E-state index contributed by atoms with van der Waals surface area (Å²) < 4.78 is 11.4. The Morgan fingerprint density at radius 3 is 3.00 bits per heavy atom. The molecule has 1 saturated heterocycles. The highest BCUT2D eigenvalue weighted by atomic mass is 35.5.